The van der Waals surface area contributed by atoms with E-state index in [-0.39, 0.29) is 5.91 Å². The minimum absolute atomic E-state index is 0.00833. The summed E-state index contributed by atoms with van der Waals surface area (Å²) in [6, 6.07) is 3.73. The normalized spacial score (nSPS) is 16.5. The molecule has 2 aromatic rings. The van der Waals surface area contributed by atoms with Crippen molar-refractivity contribution >= 4 is 33.1 Å². The molecule has 1 aliphatic heterocycles. The molecule has 100 valence electrons. The fraction of sp³-hybridized carbons (Fsp3) is 0.385. The van der Waals surface area contributed by atoms with E-state index in [4.69, 9.17) is 10.5 Å². The largest absolute Gasteiger partial charge is 0.397 e. The first kappa shape index (κ1) is 12.4. The molecule has 1 fully saturated rings. The van der Waals surface area contributed by atoms with Gasteiger partial charge in [-0.3, -0.25) is 4.79 Å². The highest BCUT2D eigenvalue weighted by molar-refractivity contribution is 7.21. The van der Waals surface area contributed by atoms with E-state index >= 15 is 0 Å². The van der Waals surface area contributed by atoms with E-state index in [0.29, 0.717) is 30.3 Å². The summed E-state index contributed by atoms with van der Waals surface area (Å²) in [4.78, 5) is 20.0. The molecule has 1 saturated heterocycles. The molecule has 0 spiro atoms. The van der Waals surface area contributed by atoms with Gasteiger partial charge in [0.05, 0.1) is 12.3 Å². The number of carbonyl (C=O) groups excluding carboxylic acids is 1. The summed E-state index contributed by atoms with van der Waals surface area (Å²) in [6.45, 7) is 2.65. The zero-order valence-electron chi connectivity index (χ0n) is 10.5. The fourth-order valence-electron chi connectivity index (χ4n) is 2.20. The number of carbonyl (C=O) groups is 1. The van der Waals surface area contributed by atoms with Gasteiger partial charge in [-0.15, -0.1) is 11.3 Å². The number of fused-ring (bicyclic) bond motifs is 1. The molecule has 2 aromatic heterocycles. The number of pyridine rings is 1. The molecule has 6 heteroatoms. The molecule has 1 aliphatic rings. The van der Waals surface area contributed by atoms with Gasteiger partial charge in [0, 0.05) is 31.3 Å². The van der Waals surface area contributed by atoms with E-state index in [1.807, 2.05) is 17.0 Å². The Bertz CT molecular complexity index is 603. The van der Waals surface area contributed by atoms with E-state index in [9.17, 15) is 4.79 Å². The second kappa shape index (κ2) is 5.14. The Labute approximate surface area is 115 Å². The van der Waals surface area contributed by atoms with Crippen molar-refractivity contribution in [3.8, 4) is 0 Å². The second-order valence-electron chi connectivity index (χ2n) is 4.46. The highest BCUT2D eigenvalue weighted by Gasteiger charge is 2.23. The summed E-state index contributed by atoms with van der Waals surface area (Å²) in [5, 5.41) is 0.863. The molecular formula is C13H15N3O2S. The van der Waals surface area contributed by atoms with Crippen molar-refractivity contribution in [3.05, 3.63) is 23.2 Å². The molecule has 19 heavy (non-hydrogen) atoms. The topological polar surface area (TPSA) is 68.5 Å². The van der Waals surface area contributed by atoms with Gasteiger partial charge < -0.3 is 15.4 Å². The van der Waals surface area contributed by atoms with Gasteiger partial charge in [-0.25, -0.2) is 4.98 Å². The van der Waals surface area contributed by atoms with Gasteiger partial charge in [-0.05, 0) is 18.6 Å². The van der Waals surface area contributed by atoms with Gasteiger partial charge in [0.15, 0.2) is 0 Å². The number of rotatable bonds is 1. The molecule has 0 bridgehead atoms. The molecule has 3 heterocycles. The van der Waals surface area contributed by atoms with Crippen LogP contribution in [-0.2, 0) is 4.74 Å². The van der Waals surface area contributed by atoms with Crippen molar-refractivity contribution in [2.75, 3.05) is 32.0 Å². The van der Waals surface area contributed by atoms with Crippen LogP contribution in [0.4, 0.5) is 5.69 Å². The van der Waals surface area contributed by atoms with Crippen LogP contribution in [0.5, 0.6) is 0 Å². The number of nitrogens with zero attached hydrogens (tertiary/aromatic N) is 2. The number of anilines is 1. The van der Waals surface area contributed by atoms with E-state index in [0.717, 1.165) is 23.2 Å². The molecule has 2 N–H and O–H groups in total. The number of aromatic nitrogens is 1. The minimum Gasteiger partial charge on any atom is -0.397 e. The molecule has 0 radical (unpaired) electrons. The summed E-state index contributed by atoms with van der Waals surface area (Å²) in [5.74, 6) is -0.00833. The van der Waals surface area contributed by atoms with Crippen molar-refractivity contribution in [1.82, 2.24) is 9.88 Å². The second-order valence-corrected chi connectivity index (χ2v) is 5.46. The van der Waals surface area contributed by atoms with Crippen LogP contribution in [0.2, 0.25) is 0 Å². The average Bonchev–Trinajstić information content (AvgIpc) is 2.64. The molecule has 0 atom stereocenters. The first-order chi connectivity index (χ1) is 9.27. The van der Waals surface area contributed by atoms with Gasteiger partial charge in [0.25, 0.3) is 5.91 Å². The third-order valence-electron chi connectivity index (χ3n) is 3.21. The van der Waals surface area contributed by atoms with Gasteiger partial charge in [-0.2, -0.15) is 0 Å². The van der Waals surface area contributed by atoms with Crippen LogP contribution < -0.4 is 5.73 Å². The summed E-state index contributed by atoms with van der Waals surface area (Å²) in [6.07, 6.45) is 2.58. The van der Waals surface area contributed by atoms with Gasteiger partial charge in [0.2, 0.25) is 0 Å². The van der Waals surface area contributed by atoms with Crippen LogP contribution >= 0.6 is 11.3 Å². The molecule has 0 unspecified atom stereocenters. The van der Waals surface area contributed by atoms with Crippen LogP contribution in [0, 0.1) is 0 Å². The van der Waals surface area contributed by atoms with Crippen LogP contribution in [0.3, 0.4) is 0 Å². The maximum atomic E-state index is 12.5. The third-order valence-corrected chi connectivity index (χ3v) is 4.33. The number of amides is 1. The van der Waals surface area contributed by atoms with Crippen molar-refractivity contribution in [2.24, 2.45) is 0 Å². The van der Waals surface area contributed by atoms with E-state index in [2.05, 4.69) is 4.98 Å². The lowest BCUT2D eigenvalue weighted by molar-refractivity contribution is 0.0747. The molecule has 1 amide bonds. The zero-order valence-corrected chi connectivity index (χ0v) is 11.3. The molecule has 0 aliphatic carbocycles. The summed E-state index contributed by atoms with van der Waals surface area (Å²) < 4.78 is 5.37. The predicted molar refractivity (Wildman–Crippen MR) is 75.4 cm³/mol. The number of nitrogens with two attached hydrogens (primary N) is 1. The Balaban J connectivity index is 1.94. The SMILES string of the molecule is Nc1c(C(=O)N2CCCOCC2)sc2ncccc12. The monoisotopic (exact) mass is 277 g/mol. The standard InChI is InChI=1S/C13H15N3O2S/c14-10-9-3-1-4-15-12(9)19-11(10)13(17)16-5-2-7-18-8-6-16/h1,3-4H,2,5-8,14H2. The molecule has 0 saturated carbocycles. The van der Waals surface area contributed by atoms with Crippen LogP contribution in [0.1, 0.15) is 16.1 Å². The van der Waals surface area contributed by atoms with Crippen LogP contribution in [0.15, 0.2) is 18.3 Å². The average molecular weight is 277 g/mol. The summed E-state index contributed by atoms with van der Waals surface area (Å²) in [5.41, 5.74) is 6.62. The lowest BCUT2D eigenvalue weighted by Gasteiger charge is -2.18. The molecule has 5 nitrogen and oxygen atoms in total. The van der Waals surface area contributed by atoms with Crippen molar-refractivity contribution < 1.29 is 9.53 Å². The van der Waals surface area contributed by atoms with Crippen molar-refractivity contribution in [1.29, 1.82) is 0 Å². The first-order valence-corrected chi connectivity index (χ1v) is 7.09. The number of hydrogen-bond donors (Lipinski definition) is 1. The maximum absolute atomic E-state index is 12.5. The Morgan fingerprint density at radius 3 is 3.16 bits per heavy atom. The molecular weight excluding hydrogens is 262 g/mol. The first-order valence-electron chi connectivity index (χ1n) is 6.27. The Morgan fingerprint density at radius 2 is 2.32 bits per heavy atom. The van der Waals surface area contributed by atoms with Gasteiger partial charge >= 0.3 is 0 Å². The van der Waals surface area contributed by atoms with Crippen molar-refractivity contribution in [3.63, 3.8) is 0 Å². The number of hydrogen-bond acceptors (Lipinski definition) is 5. The van der Waals surface area contributed by atoms with Crippen molar-refractivity contribution in [2.45, 2.75) is 6.42 Å². The Morgan fingerprint density at radius 1 is 1.42 bits per heavy atom. The van der Waals surface area contributed by atoms with Crippen LogP contribution in [-0.4, -0.2) is 42.1 Å². The summed E-state index contributed by atoms with van der Waals surface area (Å²) >= 11 is 1.36. The van der Waals surface area contributed by atoms with E-state index in [1.165, 1.54) is 11.3 Å². The van der Waals surface area contributed by atoms with Gasteiger partial charge in [0.1, 0.15) is 9.71 Å². The zero-order chi connectivity index (χ0) is 13.2. The highest BCUT2D eigenvalue weighted by Crippen LogP contribution is 2.32. The predicted octanol–water partition coefficient (Wildman–Crippen LogP) is 1.74. The molecule has 3 rings (SSSR count). The van der Waals surface area contributed by atoms with E-state index < -0.39 is 0 Å². The Hall–Kier alpha value is -1.66. The lowest BCUT2D eigenvalue weighted by atomic mass is 10.2. The number of nitrogen functional groups attached to an aromatic ring is 1. The Kier molecular flexibility index (Phi) is 3.35. The quantitative estimate of drug-likeness (QED) is 0.862. The number of ether oxygens (including phenoxy) is 1. The lowest BCUT2D eigenvalue weighted by Crippen LogP contribution is -2.33. The molecule has 0 aromatic carbocycles. The minimum atomic E-state index is -0.00833. The highest BCUT2D eigenvalue weighted by atomic mass is 32.1. The van der Waals surface area contributed by atoms with Gasteiger partial charge in [-0.1, -0.05) is 0 Å². The summed E-state index contributed by atoms with van der Waals surface area (Å²) in [7, 11) is 0. The number of thiophene rings is 1. The third kappa shape index (κ3) is 2.29. The van der Waals surface area contributed by atoms with Crippen LogP contribution in [0.25, 0.3) is 10.2 Å². The smallest absolute Gasteiger partial charge is 0.266 e. The van der Waals surface area contributed by atoms with E-state index in [1.54, 1.807) is 6.20 Å². The maximum Gasteiger partial charge on any atom is 0.266 e. The fourth-order valence-corrected chi connectivity index (χ4v) is 3.23.